The Hall–Kier alpha value is -3.40. The highest BCUT2D eigenvalue weighted by Crippen LogP contribution is 2.29. The maximum atomic E-state index is 13.2. The average Bonchev–Trinajstić information content (AvgIpc) is 3.30. The summed E-state index contributed by atoms with van der Waals surface area (Å²) in [6.07, 6.45) is 2.03. The van der Waals surface area contributed by atoms with E-state index in [1.54, 1.807) is 18.2 Å². The standard InChI is InChI=1S/C24H30N6O4/c1-33-20-4-2-3-19(16-20)30-17-18(15-22(30)31)23(32)28-9-7-27(8-10-28)21-5-6-25-24(26-21)29-11-13-34-14-12-29/h2-6,16,18H,7-15,17H2,1H3. The molecule has 1 aromatic carbocycles. The Labute approximate surface area is 199 Å². The van der Waals surface area contributed by atoms with Crippen molar-refractivity contribution in [1.82, 2.24) is 14.9 Å². The summed E-state index contributed by atoms with van der Waals surface area (Å²) in [7, 11) is 1.60. The third-order valence-electron chi connectivity index (χ3n) is 6.68. The third-order valence-corrected chi connectivity index (χ3v) is 6.68. The highest BCUT2D eigenvalue weighted by atomic mass is 16.5. The first kappa shape index (κ1) is 22.4. The molecule has 2 amide bonds. The van der Waals surface area contributed by atoms with E-state index in [2.05, 4.69) is 14.8 Å². The quantitative estimate of drug-likeness (QED) is 0.645. The lowest BCUT2D eigenvalue weighted by Gasteiger charge is -2.36. The van der Waals surface area contributed by atoms with Gasteiger partial charge >= 0.3 is 0 Å². The number of aromatic nitrogens is 2. The summed E-state index contributed by atoms with van der Waals surface area (Å²) in [5.74, 6) is 2.00. The van der Waals surface area contributed by atoms with Gasteiger partial charge in [-0.1, -0.05) is 6.07 Å². The van der Waals surface area contributed by atoms with Crippen LogP contribution in [0.5, 0.6) is 5.75 Å². The molecule has 5 rings (SSSR count). The number of methoxy groups -OCH3 is 1. The molecule has 0 spiro atoms. The van der Waals surface area contributed by atoms with Gasteiger partial charge in [-0.2, -0.15) is 4.98 Å². The van der Waals surface area contributed by atoms with E-state index < -0.39 is 0 Å². The van der Waals surface area contributed by atoms with Gasteiger partial charge in [-0.15, -0.1) is 0 Å². The molecule has 10 heteroatoms. The molecule has 2 aromatic rings. The first-order valence-electron chi connectivity index (χ1n) is 11.8. The Morgan fingerprint density at radius 1 is 1.06 bits per heavy atom. The van der Waals surface area contributed by atoms with E-state index in [0.29, 0.717) is 51.7 Å². The highest BCUT2D eigenvalue weighted by molar-refractivity contribution is 6.00. The summed E-state index contributed by atoms with van der Waals surface area (Å²) in [4.78, 5) is 42.9. The molecule has 34 heavy (non-hydrogen) atoms. The second kappa shape index (κ2) is 9.84. The molecule has 3 fully saturated rings. The van der Waals surface area contributed by atoms with E-state index in [1.165, 1.54) is 0 Å². The van der Waals surface area contributed by atoms with Crippen molar-refractivity contribution in [3.8, 4) is 5.75 Å². The molecule has 0 radical (unpaired) electrons. The zero-order valence-corrected chi connectivity index (χ0v) is 19.4. The van der Waals surface area contributed by atoms with E-state index in [0.717, 1.165) is 30.5 Å². The van der Waals surface area contributed by atoms with Gasteiger partial charge in [0.25, 0.3) is 0 Å². The van der Waals surface area contributed by atoms with Crippen LogP contribution in [0.2, 0.25) is 0 Å². The topological polar surface area (TPSA) is 91.3 Å². The molecule has 0 aliphatic carbocycles. The van der Waals surface area contributed by atoms with Crippen molar-refractivity contribution in [3.05, 3.63) is 36.5 Å². The molecule has 0 bridgehead atoms. The first-order valence-corrected chi connectivity index (χ1v) is 11.8. The lowest BCUT2D eigenvalue weighted by atomic mass is 10.1. The molecule has 3 saturated heterocycles. The number of anilines is 3. The van der Waals surface area contributed by atoms with Crippen molar-refractivity contribution in [1.29, 1.82) is 0 Å². The fourth-order valence-corrected chi connectivity index (χ4v) is 4.75. The van der Waals surface area contributed by atoms with Gasteiger partial charge in [0, 0.05) is 70.2 Å². The predicted molar refractivity (Wildman–Crippen MR) is 127 cm³/mol. The lowest BCUT2D eigenvalue weighted by Crippen LogP contribution is -2.51. The summed E-state index contributed by atoms with van der Waals surface area (Å²) in [5, 5.41) is 0. The van der Waals surface area contributed by atoms with Crippen LogP contribution in [0.4, 0.5) is 17.5 Å². The van der Waals surface area contributed by atoms with Crippen LogP contribution in [0.3, 0.4) is 0 Å². The molecule has 0 N–H and O–H groups in total. The van der Waals surface area contributed by atoms with Crippen molar-refractivity contribution in [2.45, 2.75) is 6.42 Å². The first-order chi connectivity index (χ1) is 16.6. The van der Waals surface area contributed by atoms with Crippen molar-refractivity contribution in [3.63, 3.8) is 0 Å². The van der Waals surface area contributed by atoms with Crippen LogP contribution in [-0.4, -0.2) is 92.8 Å². The monoisotopic (exact) mass is 466 g/mol. The number of nitrogens with zero attached hydrogens (tertiary/aromatic N) is 6. The second-order valence-corrected chi connectivity index (χ2v) is 8.73. The number of ether oxygens (including phenoxy) is 2. The van der Waals surface area contributed by atoms with Crippen molar-refractivity contribution in [2.24, 2.45) is 5.92 Å². The number of carbonyl (C=O) groups is 2. The van der Waals surface area contributed by atoms with Crippen molar-refractivity contribution in [2.75, 3.05) is 80.8 Å². The minimum Gasteiger partial charge on any atom is -0.497 e. The summed E-state index contributed by atoms with van der Waals surface area (Å²) >= 11 is 0. The molecule has 180 valence electrons. The van der Waals surface area contributed by atoms with Gasteiger partial charge in [-0.3, -0.25) is 9.59 Å². The van der Waals surface area contributed by atoms with Gasteiger partial charge in [-0.05, 0) is 18.2 Å². The number of piperazine rings is 1. The van der Waals surface area contributed by atoms with Gasteiger partial charge in [0.1, 0.15) is 11.6 Å². The number of benzene rings is 1. The van der Waals surface area contributed by atoms with Gasteiger partial charge in [0.2, 0.25) is 17.8 Å². The van der Waals surface area contributed by atoms with Gasteiger partial charge in [-0.25, -0.2) is 4.98 Å². The average molecular weight is 467 g/mol. The highest BCUT2D eigenvalue weighted by Gasteiger charge is 2.38. The maximum Gasteiger partial charge on any atom is 0.228 e. The van der Waals surface area contributed by atoms with Crippen LogP contribution >= 0.6 is 0 Å². The van der Waals surface area contributed by atoms with E-state index in [1.807, 2.05) is 35.2 Å². The number of hydrogen-bond donors (Lipinski definition) is 0. The van der Waals surface area contributed by atoms with Gasteiger partial charge in [0.05, 0.1) is 26.2 Å². The summed E-state index contributed by atoms with van der Waals surface area (Å²) in [5.41, 5.74) is 0.768. The second-order valence-electron chi connectivity index (χ2n) is 8.73. The summed E-state index contributed by atoms with van der Waals surface area (Å²) in [6, 6.07) is 9.32. The molecule has 0 saturated carbocycles. The third kappa shape index (κ3) is 4.63. The summed E-state index contributed by atoms with van der Waals surface area (Å²) < 4.78 is 10.7. The molecular weight excluding hydrogens is 436 g/mol. The Bertz CT molecular complexity index is 1040. The largest absolute Gasteiger partial charge is 0.497 e. The Kier molecular flexibility index (Phi) is 6.48. The SMILES string of the molecule is COc1cccc(N2CC(C(=O)N3CCN(c4ccnc(N5CCOCC5)n4)CC3)CC2=O)c1. The van der Waals surface area contributed by atoms with Crippen molar-refractivity contribution >= 4 is 29.3 Å². The Balaban J connectivity index is 1.18. The zero-order chi connectivity index (χ0) is 23.5. The van der Waals surface area contributed by atoms with Crippen LogP contribution in [-0.2, 0) is 14.3 Å². The van der Waals surface area contributed by atoms with Gasteiger partial charge < -0.3 is 29.1 Å². The molecule has 10 nitrogen and oxygen atoms in total. The van der Waals surface area contributed by atoms with Gasteiger partial charge in [0.15, 0.2) is 0 Å². The molecule has 1 aromatic heterocycles. The number of carbonyl (C=O) groups excluding carboxylic acids is 2. The van der Waals surface area contributed by atoms with Crippen LogP contribution in [0.25, 0.3) is 0 Å². The summed E-state index contributed by atoms with van der Waals surface area (Å²) in [6.45, 7) is 5.98. The number of amides is 2. The molecule has 1 unspecified atom stereocenters. The minimum absolute atomic E-state index is 0.0260. The molecule has 4 heterocycles. The fraction of sp³-hybridized carbons (Fsp3) is 0.500. The Morgan fingerprint density at radius 2 is 1.85 bits per heavy atom. The molecular formula is C24H30N6O4. The fourth-order valence-electron chi connectivity index (χ4n) is 4.75. The molecule has 1 atom stereocenters. The number of morpholine rings is 1. The van der Waals surface area contributed by atoms with E-state index in [9.17, 15) is 9.59 Å². The molecule has 3 aliphatic heterocycles. The minimum atomic E-state index is -0.322. The van der Waals surface area contributed by atoms with E-state index in [-0.39, 0.29) is 24.2 Å². The molecule has 3 aliphatic rings. The number of rotatable bonds is 5. The van der Waals surface area contributed by atoms with Crippen molar-refractivity contribution < 1.29 is 19.1 Å². The van der Waals surface area contributed by atoms with E-state index >= 15 is 0 Å². The lowest BCUT2D eigenvalue weighted by molar-refractivity contribution is -0.136. The Morgan fingerprint density at radius 3 is 2.62 bits per heavy atom. The number of hydrogen-bond acceptors (Lipinski definition) is 8. The maximum absolute atomic E-state index is 13.2. The normalized spacial score (nSPS) is 21.2. The van der Waals surface area contributed by atoms with E-state index in [4.69, 9.17) is 14.5 Å². The van der Waals surface area contributed by atoms with Crippen LogP contribution < -0.4 is 19.4 Å². The van der Waals surface area contributed by atoms with Crippen LogP contribution in [0.15, 0.2) is 36.5 Å². The zero-order valence-electron chi connectivity index (χ0n) is 19.4. The van der Waals surface area contributed by atoms with Crippen LogP contribution in [0.1, 0.15) is 6.42 Å². The predicted octanol–water partition coefficient (Wildman–Crippen LogP) is 1.02. The van der Waals surface area contributed by atoms with Crippen LogP contribution in [0, 0.1) is 5.92 Å². The smallest absolute Gasteiger partial charge is 0.228 e.